The highest BCUT2D eigenvalue weighted by Crippen LogP contribution is 2.34. The van der Waals surface area contributed by atoms with E-state index in [4.69, 9.17) is 4.52 Å². The number of likely N-dealkylation sites (tertiary alicyclic amines) is 1. The lowest BCUT2D eigenvalue weighted by molar-refractivity contribution is -0.138. The highest BCUT2D eigenvalue weighted by Gasteiger charge is 2.38. The predicted octanol–water partition coefficient (Wildman–Crippen LogP) is 3.03. The zero-order valence-electron chi connectivity index (χ0n) is 12.3. The summed E-state index contributed by atoms with van der Waals surface area (Å²) in [4.78, 5) is 18.0. The molecule has 23 heavy (non-hydrogen) atoms. The third-order valence-electron chi connectivity index (χ3n) is 3.83. The first-order valence-corrected chi connectivity index (χ1v) is 7.12. The number of benzene rings is 1. The number of amides is 1. The van der Waals surface area contributed by atoms with Gasteiger partial charge < -0.3 is 9.42 Å². The fourth-order valence-electron chi connectivity index (χ4n) is 2.71. The minimum atomic E-state index is -4.56. The van der Waals surface area contributed by atoms with Gasteiger partial charge in [0.15, 0.2) is 5.82 Å². The molecule has 2 aromatic rings. The van der Waals surface area contributed by atoms with Gasteiger partial charge >= 0.3 is 6.18 Å². The van der Waals surface area contributed by atoms with Crippen molar-refractivity contribution in [3.63, 3.8) is 0 Å². The van der Waals surface area contributed by atoms with Crippen molar-refractivity contribution in [2.24, 2.45) is 0 Å². The largest absolute Gasteiger partial charge is 0.417 e. The van der Waals surface area contributed by atoms with E-state index in [0.717, 1.165) is 6.07 Å². The maximum atomic E-state index is 13.0. The van der Waals surface area contributed by atoms with E-state index in [0.29, 0.717) is 24.7 Å². The third-order valence-corrected chi connectivity index (χ3v) is 3.83. The molecule has 5 nitrogen and oxygen atoms in total. The van der Waals surface area contributed by atoms with Gasteiger partial charge in [0.05, 0.1) is 17.0 Å². The third kappa shape index (κ3) is 3.06. The first-order chi connectivity index (χ1) is 10.9. The molecule has 0 saturated carbocycles. The van der Waals surface area contributed by atoms with E-state index >= 15 is 0 Å². The average molecular weight is 325 g/mol. The Kier molecular flexibility index (Phi) is 3.83. The van der Waals surface area contributed by atoms with Crippen molar-refractivity contribution >= 4 is 5.91 Å². The Labute approximate surface area is 130 Å². The Balaban J connectivity index is 1.80. The van der Waals surface area contributed by atoms with Crippen LogP contribution in [0.1, 0.15) is 40.0 Å². The molecule has 122 valence electrons. The van der Waals surface area contributed by atoms with E-state index in [1.165, 1.54) is 23.1 Å². The van der Waals surface area contributed by atoms with Crippen LogP contribution in [0.4, 0.5) is 13.2 Å². The van der Waals surface area contributed by atoms with Crippen molar-refractivity contribution < 1.29 is 22.5 Å². The van der Waals surface area contributed by atoms with Crippen molar-refractivity contribution in [2.45, 2.75) is 25.4 Å². The van der Waals surface area contributed by atoms with Gasteiger partial charge in [-0.15, -0.1) is 0 Å². The van der Waals surface area contributed by atoms with Crippen molar-refractivity contribution in [3.05, 3.63) is 47.1 Å². The van der Waals surface area contributed by atoms with Gasteiger partial charge in [0.25, 0.3) is 5.91 Å². The van der Waals surface area contributed by atoms with Gasteiger partial charge in [-0.25, -0.2) is 0 Å². The number of hydrogen-bond donors (Lipinski definition) is 0. The van der Waals surface area contributed by atoms with Gasteiger partial charge in [0.1, 0.15) is 0 Å². The number of rotatable bonds is 2. The Morgan fingerprint density at radius 3 is 2.74 bits per heavy atom. The second-order valence-corrected chi connectivity index (χ2v) is 5.46. The maximum Gasteiger partial charge on any atom is 0.417 e. The van der Waals surface area contributed by atoms with Gasteiger partial charge in [-0.2, -0.15) is 18.2 Å². The van der Waals surface area contributed by atoms with Crippen LogP contribution in [-0.4, -0.2) is 34.0 Å². The molecule has 1 saturated heterocycles. The Morgan fingerprint density at radius 1 is 1.35 bits per heavy atom. The van der Waals surface area contributed by atoms with Crippen LogP contribution in [0.3, 0.4) is 0 Å². The second-order valence-electron chi connectivity index (χ2n) is 5.46. The first-order valence-electron chi connectivity index (χ1n) is 7.12. The van der Waals surface area contributed by atoms with Crippen molar-refractivity contribution in [3.8, 4) is 0 Å². The summed E-state index contributed by atoms with van der Waals surface area (Å²) in [6.45, 7) is 2.31. The molecule has 1 aliphatic rings. The molecule has 1 atom stereocenters. The number of hydrogen-bond acceptors (Lipinski definition) is 4. The molecule has 0 bridgehead atoms. The molecule has 2 heterocycles. The Hall–Kier alpha value is -2.38. The maximum absolute atomic E-state index is 13.0. The molecule has 3 rings (SSSR count). The van der Waals surface area contributed by atoms with E-state index in [1.807, 2.05) is 0 Å². The van der Waals surface area contributed by atoms with Crippen LogP contribution < -0.4 is 0 Å². The molecule has 8 heteroatoms. The Morgan fingerprint density at radius 2 is 2.09 bits per heavy atom. The summed E-state index contributed by atoms with van der Waals surface area (Å²) in [7, 11) is 0. The minimum absolute atomic E-state index is 0.141. The molecule has 1 fully saturated rings. The van der Waals surface area contributed by atoms with E-state index in [2.05, 4.69) is 10.1 Å². The standard InChI is InChI=1S/C15H14F3N3O2/c1-9-19-13(23-20-9)10-6-7-21(8-10)14(22)11-4-2-3-5-12(11)15(16,17)18/h2-5,10H,6-8H2,1H3. The van der Waals surface area contributed by atoms with Gasteiger partial charge in [0, 0.05) is 13.1 Å². The van der Waals surface area contributed by atoms with E-state index < -0.39 is 17.6 Å². The summed E-state index contributed by atoms with van der Waals surface area (Å²) < 4.78 is 44.2. The van der Waals surface area contributed by atoms with Crippen LogP contribution in [0.2, 0.25) is 0 Å². The molecular formula is C15H14F3N3O2. The summed E-state index contributed by atoms with van der Waals surface area (Å²) >= 11 is 0. The molecule has 1 aliphatic heterocycles. The number of carbonyl (C=O) groups excluding carboxylic acids is 1. The van der Waals surface area contributed by atoms with Crippen LogP contribution in [0.15, 0.2) is 28.8 Å². The molecular weight excluding hydrogens is 311 g/mol. The number of nitrogens with zero attached hydrogens (tertiary/aromatic N) is 3. The number of alkyl halides is 3. The van der Waals surface area contributed by atoms with Gasteiger partial charge in [0.2, 0.25) is 5.89 Å². The fourth-order valence-corrected chi connectivity index (χ4v) is 2.71. The van der Waals surface area contributed by atoms with Crippen molar-refractivity contribution in [1.82, 2.24) is 15.0 Å². The van der Waals surface area contributed by atoms with Crippen LogP contribution >= 0.6 is 0 Å². The molecule has 0 aliphatic carbocycles. The van der Waals surface area contributed by atoms with Crippen LogP contribution in [0.25, 0.3) is 0 Å². The van der Waals surface area contributed by atoms with Crippen LogP contribution in [0.5, 0.6) is 0 Å². The molecule has 1 unspecified atom stereocenters. The molecule has 1 aromatic heterocycles. The molecule has 0 spiro atoms. The van der Waals surface area contributed by atoms with Gasteiger partial charge in [-0.05, 0) is 25.5 Å². The number of carbonyl (C=O) groups is 1. The monoisotopic (exact) mass is 325 g/mol. The van der Waals surface area contributed by atoms with E-state index in [9.17, 15) is 18.0 Å². The van der Waals surface area contributed by atoms with Gasteiger partial charge in [-0.1, -0.05) is 17.3 Å². The minimum Gasteiger partial charge on any atom is -0.339 e. The van der Waals surface area contributed by atoms with Gasteiger partial charge in [-0.3, -0.25) is 4.79 Å². The SMILES string of the molecule is Cc1noc(C2CCN(C(=O)c3ccccc3C(F)(F)F)C2)n1. The molecule has 0 radical (unpaired) electrons. The predicted molar refractivity (Wildman–Crippen MR) is 73.7 cm³/mol. The average Bonchev–Trinajstić information content (AvgIpc) is 3.14. The fraction of sp³-hybridized carbons (Fsp3) is 0.400. The lowest BCUT2D eigenvalue weighted by atomic mass is 10.1. The molecule has 1 aromatic carbocycles. The summed E-state index contributed by atoms with van der Waals surface area (Å²) in [5, 5.41) is 3.70. The number of aromatic nitrogens is 2. The quantitative estimate of drug-likeness (QED) is 0.851. The summed E-state index contributed by atoms with van der Waals surface area (Å²) in [6.07, 6.45) is -3.98. The topological polar surface area (TPSA) is 59.2 Å². The zero-order chi connectivity index (χ0) is 16.6. The molecule has 1 amide bonds. The zero-order valence-corrected chi connectivity index (χ0v) is 12.3. The van der Waals surface area contributed by atoms with E-state index in [1.54, 1.807) is 6.92 Å². The summed E-state index contributed by atoms with van der Waals surface area (Å²) in [5.41, 5.74) is -1.25. The van der Waals surface area contributed by atoms with Crippen molar-refractivity contribution in [2.75, 3.05) is 13.1 Å². The van der Waals surface area contributed by atoms with E-state index in [-0.39, 0.29) is 18.0 Å². The Bertz CT molecular complexity index is 727. The highest BCUT2D eigenvalue weighted by atomic mass is 19.4. The smallest absolute Gasteiger partial charge is 0.339 e. The lowest BCUT2D eigenvalue weighted by Crippen LogP contribution is -2.30. The summed E-state index contributed by atoms with van der Waals surface area (Å²) in [6, 6.07) is 4.82. The highest BCUT2D eigenvalue weighted by molar-refractivity contribution is 5.96. The molecule has 0 N–H and O–H groups in total. The van der Waals surface area contributed by atoms with Crippen LogP contribution in [-0.2, 0) is 6.18 Å². The summed E-state index contributed by atoms with van der Waals surface area (Å²) in [5.74, 6) is 0.143. The number of halogens is 3. The van der Waals surface area contributed by atoms with Crippen LogP contribution in [0, 0.1) is 6.92 Å². The first kappa shape index (κ1) is 15.5. The lowest BCUT2D eigenvalue weighted by Gasteiger charge is -2.19. The second kappa shape index (κ2) is 5.68. The normalized spacial score (nSPS) is 18.4. The van der Waals surface area contributed by atoms with Crippen molar-refractivity contribution in [1.29, 1.82) is 0 Å². The number of aryl methyl sites for hydroxylation is 1.